The number of methoxy groups -OCH3 is 1. The number of ether oxygens (including phenoxy) is 1. The minimum atomic E-state index is -3.02. The highest BCUT2D eigenvalue weighted by molar-refractivity contribution is 5.75. The number of halogens is 2. The maximum atomic E-state index is 13.6. The number of alkyl halides is 2. The molecule has 0 saturated carbocycles. The summed E-state index contributed by atoms with van der Waals surface area (Å²) in [6.45, 7) is 0. The highest BCUT2D eigenvalue weighted by Crippen LogP contribution is 2.25. The Bertz CT molecular complexity index is 368. The summed E-state index contributed by atoms with van der Waals surface area (Å²) in [7, 11) is 1.12. The number of hydrogen-bond acceptors (Lipinski definition) is 3. The average molecular weight is 243 g/mol. The molecule has 1 atom stereocenters. The topological polar surface area (TPSA) is 52.3 Å². The molecule has 0 heterocycles. The molecule has 1 unspecified atom stereocenters. The third-order valence-electron chi connectivity index (χ3n) is 2.33. The van der Waals surface area contributed by atoms with Crippen LogP contribution in [-0.2, 0) is 16.0 Å². The van der Waals surface area contributed by atoms with E-state index in [4.69, 9.17) is 5.73 Å². The fourth-order valence-electron chi connectivity index (χ4n) is 1.52. The summed E-state index contributed by atoms with van der Waals surface area (Å²) < 4.78 is 31.4. The van der Waals surface area contributed by atoms with Gasteiger partial charge in [0.1, 0.15) is 6.04 Å². The SMILES string of the molecule is COC(=O)C(N)CC(F)(F)Cc1ccccc1. The molecule has 94 valence electrons. The van der Waals surface area contributed by atoms with Crippen LogP contribution >= 0.6 is 0 Å². The molecule has 0 radical (unpaired) electrons. The van der Waals surface area contributed by atoms with Crippen LogP contribution in [-0.4, -0.2) is 25.0 Å². The Balaban J connectivity index is 2.60. The van der Waals surface area contributed by atoms with Crippen molar-refractivity contribution in [2.24, 2.45) is 5.73 Å². The molecule has 0 aliphatic rings. The summed E-state index contributed by atoms with van der Waals surface area (Å²) in [5.41, 5.74) is 5.82. The summed E-state index contributed by atoms with van der Waals surface area (Å²) in [5.74, 6) is -3.84. The molecule has 0 aromatic heterocycles. The van der Waals surface area contributed by atoms with Crippen molar-refractivity contribution in [3.05, 3.63) is 35.9 Å². The van der Waals surface area contributed by atoms with Gasteiger partial charge in [0.2, 0.25) is 0 Å². The Morgan fingerprint density at radius 2 is 2.00 bits per heavy atom. The molecule has 0 amide bonds. The molecule has 0 spiro atoms. The first-order valence-corrected chi connectivity index (χ1v) is 5.20. The van der Waals surface area contributed by atoms with Crippen LogP contribution < -0.4 is 5.73 Å². The molecule has 1 aromatic rings. The van der Waals surface area contributed by atoms with Gasteiger partial charge in [-0.3, -0.25) is 4.79 Å². The van der Waals surface area contributed by atoms with E-state index in [1.54, 1.807) is 30.3 Å². The summed E-state index contributed by atoms with van der Waals surface area (Å²) in [4.78, 5) is 11.0. The normalized spacial score (nSPS) is 13.2. The standard InChI is InChI=1S/C12H15F2NO2/c1-17-11(16)10(15)8-12(13,14)7-9-5-3-2-4-6-9/h2-6,10H,7-8,15H2,1H3. The second kappa shape index (κ2) is 5.72. The lowest BCUT2D eigenvalue weighted by molar-refractivity contribution is -0.144. The monoisotopic (exact) mass is 243 g/mol. The van der Waals surface area contributed by atoms with E-state index in [9.17, 15) is 13.6 Å². The van der Waals surface area contributed by atoms with Crippen molar-refractivity contribution in [2.75, 3.05) is 7.11 Å². The lowest BCUT2D eigenvalue weighted by Gasteiger charge is -2.19. The van der Waals surface area contributed by atoms with Crippen LogP contribution in [0.2, 0.25) is 0 Å². The maximum absolute atomic E-state index is 13.6. The number of hydrogen-bond donors (Lipinski definition) is 1. The van der Waals surface area contributed by atoms with Gasteiger partial charge in [-0.05, 0) is 5.56 Å². The minimum Gasteiger partial charge on any atom is -0.468 e. The van der Waals surface area contributed by atoms with Gasteiger partial charge in [-0.1, -0.05) is 30.3 Å². The van der Waals surface area contributed by atoms with Crippen molar-refractivity contribution in [3.63, 3.8) is 0 Å². The first kappa shape index (κ1) is 13.6. The lowest BCUT2D eigenvalue weighted by atomic mass is 10.0. The predicted molar refractivity (Wildman–Crippen MR) is 59.7 cm³/mol. The third-order valence-corrected chi connectivity index (χ3v) is 2.33. The summed E-state index contributed by atoms with van der Waals surface area (Å²) in [6, 6.07) is 7.05. The molecule has 3 nitrogen and oxygen atoms in total. The van der Waals surface area contributed by atoms with Crippen molar-refractivity contribution < 1.29 is 18.3 Å². The number of rotatable bonds is 5. The van der Waals surface area contributed by atoms with Crippen LogP contribution in [0.15, 0.2) is 30.3 Å². The number of nitrogens with two attached hydrogens (primary N) is 1. The van der Waals surface area contributed by atoms with E-state index in [2.05, 4.69) is 4.74 Å². The van der Waals surface area contributed by atoms with Crippen LogP contribution in [0.5, 0.6) is 0 Å². The third kappa shape index (κ3) is 4.48. The van der Waals surface area contributed by atoms with Crippen molar-refractivity contribution in [1.29, 1.82) is 0 Å². The molecule has 5 heteroatoms. The van der Waals surface area contributed by atoms with Crippen LogP contribution in [0.1, 0.15) is 12.0 Å². The van der Waals surface area contributed by atoms with E-state index in [0.29, 0.717) is 5.56 Å². The number of carbonyl (C=O) groups excluding carboxylic acids is 1. The van der Waals surface area contributed by atoms with E-state index in [1.165, 1.54) is 0 Å². The Morgan fingerprint density at radius 1 is 1.41 bits per heavy atom. The fraction of sp³-hybridized carbons (Fsp3) is 0.417. The highest BCUT2D eigenvalue weighted by Gasteiger charge is 2.34. The molecule has 0 bridgehead atoms. The van der Waals surface area contributed by atoms with E-state index >= 15 is 0 Å². The lowest BCUT2D eigenvalue weighted by Crippen LogP contribution is -2.38. The van der Waals surface area contributed by atoms with Gasteiger partial charge in [0.25, 0.3) is 5.92 Å². The second-order valence-electron chi connectivity index (χ2n) is 3.85. The maximum Gasteiger partial charge on any atom is 0.322 e. The van der Waals surface area contributed by atoms with E-state index in [-0.39, 0.29) is 0 Å². The second-order valence-corrected chi connectivity index (χ2v) is 3.85. The van der Waals surface area contributed by atoms with Crippen LogP contribution in [0.3, 0.4) is 0 Å². The summed E-state index contributed by atoms with van der Waals surface area (Å²) in [6.07, 6.45) is -1.15. The van der Waals surface area contributed by atoms with E-state index < -0.39 is 30.8 Å². The molecule has 0 saturated heterocycles. The van der Waals surface area contributed by atoms with E-state index in [1.807, 2.05) is 0 Å². The molecule has 0 fully saturated rings. The zero-order chi connectivity index (χ0) is 12.9. The Kier molecular flexibility index (Phi) is 4.57. The molecular formula is C12H15F2NO2. The predicted octanol–water partition coefficient (Wildman–Crippen LogP) is 1.75. The molecule has 2 N–H and O–H groups in total. The molecule has 1 aromatic carbocycles. The van der Waals surface area contributed by atoms with Gasteiger partial charge in [0, 0.05) is 12.8 Å². The molecule has 17 heavy (non-hydrogen) atoms. The Morgan fingerprint density at radius 3 is 2.53 bits per heavy atom. The average Bonchev–Trinajstić information content (AvgIpc) is 2.27. The first-order valence-electron chi connectivity index (χ1n) is 5.20. The molecular weight excluding hydrogens is 228 g/mol. The van der Waals surface area contributed by atoms with Crippen LogP contribution in [0, 0.1) is 0 Å². The van der Waals surface area contributed by atoms with Gasteiger partial charge >= 0.3 is 5.97 Å². The van der Waals surface area contributed by atoms with Gasteiger partial charge in [0.15, 0.2) is 0 Å². The molecule has 0 aliphatic heterocycles. The number of esters is 1. The van der Waals surface area contributed by atoms with Crippen molar-refractivity contribution in [3.8, 4) is 0 Å². The smallest absolute Gasteiger partial charge is 0.322 e. The van der Waals surface area contributed by atoms with Gasteiger partial charge in [0.05, 0.1) is 7.11 Å². The summed E-state index contributed by atoms with van der Waals surface area (Å²) >= 11 is 0. The van der Waals surface area contributed by atoms with Crippen LogP contribution in [0.25, 0.3) is 0 Å². The molecule has 0 aliphatic carbocycles. The largest absolute Gasteiger partial charge is 0.468 e. The van der Waals surface area contributed by atoms with Gasteiger partial charge in [-0.25, -0.2) is 8.78 Å². The quantitative estimate of drug-likeness (QED) is 0.802. The zero-order valence-electron chi connectivity index (χ0n) is 9.53. The first-order chi connectivity index (χ1) is 7.94. The van der Waals surface area contributed by atoms with Crippen molar-refractivity contribution >= 4 is 5.97 Å². The summed E-state index contributed by atoms with van der Waals surface area (Å²) in [5, 5.41) is 0. The number of benzene rings is 1. The zero-order valence-corrected chi connectivity index (χ0v) is 9.53. The van der Waals surface area contributed by atoms with Crippen molar-refractivity contribution in [1.82, 2.24) is 0 Å². The van der Waals surface area contributed by atoms with Gasteiger partial charge in [-0.15, -0.1) is 0 Å². The van der Waals surface area contributed by atoms with Crippen LogP contribution in [0.4, 0.5) is 8.78 Å². The fourth-order valence-corrected chi connectivity index (χ4v) is 1.52. The number of carbonyl (C=O) groups is 1. The van der Waals surface area contributed by atoms with Crippen molar-refractivity contribution in [2.45, 2.75) is 24.8 Å². The minimum absolute atomic E-state index is 0.432. The van der Waals surface area contributed by atoms with E-state index in [0.717, 1.165) is 7.11 Å². The molecule has 1 rings (SSSR count). The highest BCUT2D eigenvalue weighted by atomic mass is 19.3. The Hall–Kier alpha value is -1.49. The van der Waals surface area contributed by atoms with Gasteiger partial charge < -0.3 is 10.5 Å². The Labute approximate surface area is 98.6 Å². The van der Waals surface area contributed by atoms with Gasteiger partial charge in [-0.2, -0.15) is 0 Å².